The van der Waals surface area contributed by atoms with E-state index in [1.54, 1.807) is 0 Å². The van der Waals surface area contributed by atoms with E-state index < -0.39 is 11.5 Å². The van der Waals surface area contributed by atoms with Gasteiger partial charge in [0, 0.05) is 13.7 Å². The summed E-state index contributed by atoms with van der Waals surface area (Å²) in [6.07, 6.45) is -0.0640. The Morgan fingerprint density at radius 2 is 2.30 bits per heavy atom. The summed E-state index contributed by atoms with van der Waals surface area (Å²) >= 11 is 5.09. The molecule has 0 N–H and O–H groups in total. The molecule has 0 aliphatic heterocycles. The van der Waals surface area contributed by atoms with Crippen LogP contribution in [0.15, 0.2) is 0 Å². The third-order valence-electron chi connectivity index (χ3n) is 0.873. The predicted molar refractivity (Wildman–Crippen MR) is 37.9 cm³/mol. The second kappa shape index (κ2) is 5.65. The highest BCUT2D eigenvalue weighted by molar-refractivity contribution is 6.64. The molecular formula is C6H11ClO3. The van der Waals surface area contributed by atoms with Crippen LogP contribution in [0.4, 0.5) is 0 Å². The quantitative estimate of drug-likeness (QED) is 0.454. The van der Waals surface area contributed by atoms with E-state index >= 15 is 0 Å². The van der Waals surface area contributed by atoms with Crippen LogP contribution in [0.2, 0.25) is 0 Å². The molecule has 4 heteroatoms. The second-order valence-corrected chi connectivity index (χ2v) is 2.12. The number of rotatable bonds is 5. The summed E-state index contributed by atoms with van der Waals surface area (Å²) in [7, 11) is 1.38. The Hall–Kier alpha value is -0.120. The highest BCUT2D eigenvalue weighted by Crippen LogP contribution is 1.98. The molecule has 0 spiro atoms. The van der Waals surface area contributed by atoms with Crippen LogP contribution < -0.4 is 0 Å². The van der Waals surface area contributed by atoms with Gasteiger partial charge in [-0.05, 0) is 18.0 Å². The van der Waals surface area contributed by atoms with E-state index in [-0.39, 0.29) is 0 Å². The SMILES string of the molecule is CCCOC(OC)C(=O)Cl. The van der Waals surface area contributed by atoms with Gasteiger partial charge in [0.1, 0.15) is 0 Å². The Morgan fingerprint density at radius 1 is 1.70 bits per heavy atom. The van der Waals surface area contributed by atoms with Crippen LogP contribution in [-0.2, 0) is 14.3 Å². The van der Waals surface area contributed by atoms with E-state index in [4.69, 9.17) is 16.3 Å². The van der Waals surface area contributed by atoms with Gasteiger partial charge in [-0.2, -0.15) is 0 Å². The first kappa shape index (κ1) is 9.88. The highest BCUT2D eigenvalue weighted by Gasteiger charge is 2.13. The summed E-state index contributed by atoms with van der Waals surface area (Å²) in [4.78, 5) is 10.4. The Balaban J connectivity index is 3.50. The summed E-state index contributed by atoms with van der Waals surface area (Å²) < 4.78 is 9.51. The van der Waals surface area contributed by atoms with Gasteiger partial charge in [0.25, 0.3) is 5.24 Å². The van der Waals surface area contributed by atoms with E-state index in [2.05, 4.69) is 4.74 Å². The average molecular weight is 167 g/mol. The molecule has 0 saturated heterocycles. The van der Waals surface area contributed by atoms with Gasteiger partial charge < -0.3 is 9.47 Å². The second-order valence-electron chi connectivity index (χ2n) is 1.74. The Kier molecular flexibility index (Phi) is 5.58. The first-order valence-electron chi connectivity index (χ1n) is 3.06. The monoisotopic (exact) mass is 166 g/mol. The van der Waals surface area contributed by atoms with Crippen molar-refractivity contribution in [3.63, 3.8) is 0 Å². The summed E-state index contributed by atoms with van der Waals surface area (Å²) in [5.74, 6) is 0. The Morgan fingerprint density at radius 3 is 2.60 bits per heavy atom. The lowest BCUT2D eigenvalue weighted by Crippen LogP contribution is -2.22. The molecular weight excluding hydrogens is 156 g/mol. The standard InChI is InChI=1S/C6H11ClO3/c1-3-4-10-6(9-2)5(7)8/h6H,3-4H2,1-2H3. The summed E-state index contributed by atoms with van der Waals surface area (Å²) in [5, 5.41) is -0.615. The van der Waals surface area contributed by atoms with E-state index in [1.165, 1.54) is 7.11 Å². The number of methoxy groups -OCH3 is 1. The fraction of sp³-hybridized carbons (Fsp3) is 0.833. The van der Waals surface area contributed by atoms with E-state index in [0.29, 0.717) is 6.61 Å². The van der Waals surface area contributed by atoms with E-state index in [0.717, 1.165) is 6.42 Å². The maximum absolute atomic E-state index is 10.4. The molecule has 1 atom stereocenters. The average Bonchev–Trinajstić information content (AvgIpc) is 1.89. The molecule has 0 aliphatic rings. The van der Waals surface area contributed by atoms with Gasteiger partial charge in [-0.15, -0.1) is 0 Å². The topological polar surface area (TPSA) is 35.5 Å². The van der Waals surface area contributed by atoms with Crippen molar-refractivity contribution < 1.29 is 14.3 Å². The fourth-order valence-corrected chi connectivity index (χ4v) is 0.603. The number of ether oxygens (including phenoxy) is 2. The van der Waals surface area contributed by atoms with Crippen LogP contribution in [0.1, 0.15) is 13.3 Å². The molecule has 0 rings (SSSR count). The van der Waals surface area contributed by atoms with Crippen LogP contribution >= 0.6 is 11.6 Å². The van der Waals surface area contributed by atoms with Gasteiger partial charge in [0.15, 0.2) is 0 Å². The lowest BCUT2D eigenvalue weighted by Gasteiger charge is -2.09. The number of hydrogen-bond donors (Lipinski definition) is 0. The predicted octanol–water partition coefficient (Wildman–Crippen LogP) is 1.15. The van der Waals surface area contributed by atoms with Crippen LogP contribution in [0.5, 0.6) is 0 Å². The Bertz CT molecular complexity index is 105. The molecule has 10 heavy (non-hydrogen) atoms. The van der Waals surface area contributed by atoms with Crippen LogP contribution in [0, 0.1) is 0 Å². The van der Waals surface area contributed by atoms with Crippen molar-refractivity contribution in [2.75, 3.05) is 13.7 Å². The largest absolute Gasteiger partial charge is 0.348 e. The first-order chi connectivity index (χ1) is 4.72. The van der Waals surface area contributed by atoms with Gasteiger partial charge in [-0.25, -0.2) is 0 Å². The zero-order chi connectivity index (χ0) is 7.98. The van der Waals surface area contributed by atoms with Crippen molar-refractivity contribution in [1.29, 1.82) is 0 Å². The van der Waals surface area contributed by atoms with Crippen LogP contribution in [0.3, 0.4) is 0 Å². The number of carbonyl (C=O) groups is 1. The number of hydrogen-bond acceptors (Lipinski definition) is 3. The number of carbonyl (C=O) groups excluding carboxylic acids is 1. The van der Waals surface area contributed by atoms with Gasteiger partial charge in [0.2, 0.25) is 6.29 Å². The molecule has 0 bridgehead atoms. The van der Waals surface area contributed by atoms with Crippen molar-refractivity contribution in [1.82, 2.24) is 0 Å². The maximum atomic E-state index is 10.4. The maximum Gasteiger partial charge on any atom is 0.278 e. The van der Waals surface area contributed by atoms with Crippen molar-refractivity contribution in [2.45, 2.75) is 19.6 Å². The minimum Gasteiger partial charge on any atom is -0.348 e. The van der Waals surface area contributed by atoms with Crippen molar-refractivity contribution in [3.8, 4) is 0 Å². The first-order valence-corrected chi connectivity index (χ1v) is 3.44. The molecule has 3 nitrogen and oxygen atoms in total. The molecule has 0 heterocycles. The lowest BCUT2D eigenvalue weighted by molar-refractivity contribution is -0.154. The normalized spacial score (nSPS) is 13.1. The summed E-state index contributed by atoms with van der Waals surface area (Å²) in [6.45, 7) is 2.42. The highest BCUT2D eigenvalue weighted by atomic mass is 35.5. The molecule has 0 aliphatic carbocycles. The minimum absolute atomic E-state index is 0.483. The lowest BCUT2D eigenvalue weighted by atomic mass is 10.5. The third kappa shape index (κ3) is 3.82. The summed E-state index contributed by atoms with van der Waals surface area (Å²) in [5.41, 5.74) is 0. The van der Waals surface area contributed by atoms with Crippen LogP contribution in [-0.4, -0.2) is 25.2 Å². The molecule has 0 aromatic carbocycles. The summed E-state index contributed by atoms with van der Waals surface area (Å²) in [6, 6.07) is 0. The number of halogens is 1. The molecule has 0 saturated carbocycles. The fourth-order valence-electron chi connectivity index (χ4n) is 0.451. The van der Waals surface area contributed by atoms with E-state index in [9.17, 15) is 4.79 Å². The van der Waals surface area contributed by atoms with E-state index in [1.807, 2.05) is 6.92 Å². The molecule has 0 aromatic rings. The van der Waals surface area contributed by atoms with Gasteiger partial charge in [-0.3, -0.25) is 4.79 Å². The molecule has 1 unspecified atom stereocenters. The zero-order valence-electron chi connectivity index (χ0n) is 6.09. The molecule has 0 radical (unpaired) electrons. The van der Waals surface area contributed by atoms with Crippen molar-refractivity contribution in [2.24, 2.45) is 0 Å². The van der Waals surface area contributed by atoms with Gasteiger partial charge in [-0.1, -0.05) is 6.92 Å². The van der Waals surface area contributed by atoms with Crippen molar-refractivity contribution in [3.05, 3.63) is 0 Å². The van der Waals surface area contributed by atoms with Crippen LogP contribution in [0.25, 0.3) is 0 Å². The van der Waals surface area contributed by atoms with Gasteiger partial charge in [0.05, 0.1) is 0 Å². The zero-order valence-corrected chi connectivity index (χ0v) is 6.85. The minimum atomic E-state index is -0.901. The van der Waals surface area contributed by atoms with Crippen molar-refractivity contribution >= 4 is 16.8 Å². The smallest absolute Gasteiger partial charge is 0.278 e. The molecule has 0 amide bonds. The Labute approximate surface area is 65.3 Å². The molecule has 60 valence electrons. The molecule has 0 aromatic heterocycles. The third-order valence-corrected chi connectivity index (χ3v) is 1.05. The molecule has 0 fully saturated rings. The van der Waals surface area contributed by atoms with Gasteiger partial charge >= 0.3 is 0 Å².